The third-order valence-electron chi connectivity index (χ3n) is 7.39. The Morgan fingerprint density at radius 2 is 1.05 bits per heavy atom. The molecule has 38 heavy (non-hydrogen) atoms. The molecular weight excluding hydrogens is 478 g/mol. The van der Waals surface area contributed by atoms with Crippen molar-refractivity contribution in [2.75, 3.05) is 52.5 Å². The molecule has 3 saturated heterocycles. The van der Waals surface area contributed by atoms with Crippen molar-refractivity contribution in [3.8, 4) is 0 Å². The first-order valence-corrected chi connectivity index (χ1v) is 15.4. The molecule has 4 unspecified atom stereocenters. The lowest BCUT2D eigenvalue weighted by molar-refractivity contribution is -0.0903. The first kappa shape index (κ1) is 35.7. The first-order chi connectivity index (χ1) is 17.7. The van der Waals surface area contributed by atoms with Gasteiger partial charge in [0.25, 0.3) is 0 Å². The van der Waals surface area contributed by atoms with Gasteiger partial charge in [-0.05, 0) is 67.7 Å². The normalized spacial score (nSPS) is 27.3. The Hall–Kier alpha value is -0.320. The van der Waals surface area contributed by atoms with Crippen molar-refractivity contribution in [3.05, 3.63) is 0 Å². The van der Waals surface area contributed by atoms with Gasteiger partial charge in [0.15, 0.2) is 0 Å². The molecule has 0 aromatic rings. The summed E-state index contributed by atoms with van der Waals surface area (Å²) < 4.78 is 17.1. The van der Waals surface area contributed by atoms with E-state index in [0.717, 1.165) is 58.9 Å². The fourth-order valence-corrected chi connectivity index (χ4v) is 4.80. The van der Waals surface area contributed by atoms with Crippen molar-refractivity contribution >= 4 is 0 Å². The molecule has 3 heterocycles. The van der Waals surface area contributed by atoms with Crippen LogP contribution in [0.4, 0.5) is 0 Å². The molecular formula is C30H65N5O3. The second-order valence-corrected chi connectivity index (χ2v) is 13.0. The van der Waals surface area contributed by atoms with E-state index in [1.165, 1.54) is 0 Å². The Labute approximate surface area is 236 Å². The molecule has 3 rings (SSSR count). The highest BCUT2D eigenvalue weighted by molar-refractivity contribution is 4.90. The van der Waals surface area contributed by atoms with Crippen LogP contribution in [0.1, 0.15) is 82.6 Å². The van der Waals surface area contributed by atoms with Crippen molar-refractivity contribution in [1.82, 2.24) is 14.7 Å². The zero-order chi connectivity index (χ0) is 29.0. The number of nitrogens with two attached hydrogens (primary N) is 2. The van der Waals surface area contributed by atoms with Crippen molar-refractivity contribution < 1.29 is 14.2 Å². The Kier molecular flexibility index (Phi) is 17.1. The summed E-state index contributed by atoms with van der Waals surface area (Å²) in [4.78, 5) is 7.19. The summed E-state index contributed by atoms with van der Waals surface area (Å²) in [5.74, 6) is 0.593. The van der Waals surface area contributed by atoms with Crippen molar-refractivity contribution in [2.45, 2.75) is 137 Å². The molecule has 4 N–H and O–H groups in total. The molecule has 0 amide bonds. The third kappa shape index (κ3) is 13.4. The average molecular weight is 544 g/mol. The van der Waals surface area contributed by atoms with Crippen LogP contribution >= 0.6 is 0 Å². The lowest BCUT2D eigenvalue weighted by Gasteiger charge is -2.42. The zero-order valence-electron chi connectivity index (χ0n) is 26.9. The molecule has 0 bridgehead atoms. The van der Waals surface area contributed by atoms with E-state index in [-0.39, 0.29) is 24.3 Å². The minimum absolute atomic E-state index is 0.191. The highest BCUT2D eigenvalue weighted by atomic mass is 16.5. The molecule has 228 valence electrons. The molecule has 0 radical (unpaired) electrons. The van der Waals surface area contributed by atoms with Crippen molar-refractivity contribution in [3.63, 3.8) is 0 Å². The fraction of sp³-hybridized carbons (Fsp3) is 1.00. The molecule has 0 aromatic carbocycles. The van der Waals surface area contributed by atoms with Gasteiger partial charge < -0.3 is 25.7 Å². The van der Waals surface area contributed by atoms with Gasteiger partial charge in [0, 0.05) is 82.7 Å². The average Bonchev–Trinajstić information content (AvgIpc) is 3.36. The van der Waals surface area contributed by atoms with E-state index >= 15 is 0 Å². The molecule has 0 spiro atoms. The Bertz CT molecular complexity index is 598. The molecule has 4 atom stereocenters. The summed E-state index contributed by atoms with van der Waals surface area (Å²) in [6.07, 6.45) is 2.44. The van der Waals surface area contributed by atoms with Crippen LogP contribution in [-0.2, 0) is 14.2 Å². The highest BCUT2D eigenvalue weighted by Gasteiger charge is 2.33. The highest BCUT2D eigenvalue weighted by Crippen LogP contribution is 2.17. The monoisotopic (exact) mass is 544 g/mol. The van der Waals surface area contributed by atoms with E-state index in [0.29, 0.717) is 36.3 Å². The van der Waals surface area contributed by atoms with Gasteiger partial charge in [-0.3, -0.25) is 14.7 Å². The van der Waals surface area contributed by atoms with E-state index in [2.05, 4.69) is 90.9 Å². The number of nitrogens with zero attached hydrogens (tertiary/aromatic N) is 3. The predicted molar refractivity (Wildman–Crippen MR) is 161 cm³/mol. The maximum Gasteiger partial charge on any atom is 0.0865 e. The minimum Gasteiger partial charge on any atom is -0.375 e. The maximum atomic E-state index is 6.03. The lowest BCUT2D eigenvalue weighted by Crippen LogP contribution is -2.55. The molecule has 3 aliphatic rings. The molecule has 0 aliphatic carbocycles. The second-order valence-electron chi connectivity index (χ2n) is 13.0. The zero-order valence-corrected chi connectivity index (χ0v) is 26.9. The molecule has 8 nitrogen and oxygen atoms in total. The fourth-order valence-electron chi connectivity index (χ4n) is 4.80. The van der Waals surface area contributed by atoms with Crippen LogP contribution in [0.15, 0.2) is 0 Å². The molecule has 8 heteroatoms. The molecule has 0 aromatic heterocycles. The summed E-state index contributed by atoms with van der Waals surface area (Å²) in [6, 6.07) is 2.24. The number of hydrogen-bond donors (Lipinski definition) is 2. The van der Waals surface area contributed by atoms with Gasteiger partial charge in [0.05, 0.1) is 24.4 Å². The van der Waals surface area contributed by atoms with E-state index in [1.807, 2.05) is 0 Å². The number of hydrogen-bond acceptors (Lipinski definition) is 8. The number of ether oxygens (including phenoxy) is 3. The quantitative estimate of drug-likeness (QED) is 0.410. The van der Waals surface area contributed by atoms with Gasteiger partial charge >= 0.3 is 0 Å². The Balaban J connectivity index is 0.000000287. The summed E-state index contributed by atoms with van der Waals surface area (Å²) in [5, 5.41) is 0. The van der Waals surface area contributed by atoms with Gasteiger partial charge in [-0.25, -0.2) is 0 Å². The van der Waals surface area contributed by atoms with Gasteiger partial charge in [0.2, 0.25) is 0 Å². The van der Waals surface area contributed by atoms with Crippen molar-refractivity contribution in [1.29, 1.82) is 0 Å². The number of rotatable bonds is 11. The topological polar surface area (TPSA) is 89.5 Å². The van der Waals surface area contributed by atoms with Crippen LogP contribution in [0.5, 0.6) is 0 Å². The van der Waals surface area contributed by atoms with E-state index in [9.17, 15) is 0 Å². The van der Waals surface area contributed by atoms with Crippen LogP contribution in [0.2, 0.25) is 0 Å². The second kappa shape index (κ2) is 18.2. The van der Waals surface area contributed by atoms with Crippen LogP contribution in [0.25, 0.3) is 0 Å². The van der Waals surface area contributed by atoms with Gasteiger partial charge in [0.1, 0.15) is 0 Å². The van der Waals surface area contributed by atoms with Crippen LogP contribution in [0, 0.1) is 5.92 Å². The minimum atomic E-state index is 0.191. The van der Waals surface area contributed by atoms with Crippen LogP contribution < -0.4 is 11.5 Å². The summed E-state index contributed by atoms with van der Waals surface area (Å²) in [7, 11) is 0. The maximum absolute atomic E-state index is 6.03. The van der Waals surface area contributed by atoms with E-state index < -0.39 is 0 Å². The summed E-state index contributed by atoms with van der Waals surface area (Å²) >= 11 is 0. The largest absolute Gasteiger partial charge is 0.375 e. The van der Waals surface area contributed by atoms with Crippen molar-refractivity contribution in [2.24, 2.45) is 17.4 Å². The van der Waals surface area contributed by atoms with Crippen LogP contribution in [-0.4, -0.2) is 122 Å². The van der Waals surface area contributed by atoms with Gasteiger partial charge in [-0.2, -0.15) is 0 Å². The number of likely N-dealkylation sites (tertiary alicyclic amines) is 3. The Morgan fingerprint density at radius 1 is 0.632 bits per heavy atom. The summed E-state index contributed by atoms with van der Waals surface area (Å²) in [6.45, 7) is 31.8. The van der Waals surface area contributed by atoms with Gasteiger partial charge in [-0.15, -0.1) is 0 Å². The predicted octanol–water partition coefficient (Wildman–Crippen LogP) is 3.42. The SMILES string of the molecule is CC(C)COC1CN(C(C)C)CC1N.CC(C)OC1CN(C(C)C)C1.CCCOC1CN(C(C)C)CC1N. The van der Waals surface area contributed by atoms with E-state index in [4.69, 9.17) is 25.7 Å². The smallest absolute Gasteiger partial charge is 0.0865 e. The molecule has 3 aliphatic heterocycles. The Morgan fingerprint density at radius 3 is 1.39 bits per heavy atom. The van der Waals surface area contributed by atoms with Crippen LogP contribution in [0.3, 0.4) is 0 Å². The first-order valence-electron chi connectivity index (χ1n) is 15.4. The lowest BCUT2D eigenvalue weighted by atomic mass is 10.1. The third-order valence-corrected chi connectivity index (χ3v) is 7.39. The van der Waals surface area contributed by atoms with Gasteiger partial charge in [-0.1, -0.05) is 20.8 Å². The van der Waals surface area contributed by atoms with E-state index in [1.54, 1.807) is 0 Å². The summed E-state index contributed by atoms with van der Waals surface area (Å²) in [5.41, 5.74) is 12.0. The molecule has 0 saturated carbocycles. The standard InChI is InChI=1S/C11H24N2O.C10H22N2O.C9H19NO/c1-8(2)7-14-11-6-13(9(3)4)5-10(11)12;1-4-5-13-10-7-12(8(2)3)6-9(10)11;1-7(2)10-5-9(6-10)11-8(3)4/h8-11H,5-7,12H2,1-4H3;8-10H,4-7,11H2,1-3H3;7-9H,5-6H2,1-4H3. The molecule has 3 fully saturated rings.